The standard InChI is InChI=1S/C17H20BrNO2/c18-14-6-7-16-15(9-14)13(8-17(20)21)11-19(16)10-12-4-2-1-3-5-12/h6-7,9,11-12H,1-5,8,10H2,(H,20,21). The van der Waals surface area contributed by atoms with Crippen LogP contribution in [0.15, 0.2) is 28.9 Å². The fourth-order valence-corrected chi connectivity index (χ4v) is 3.81. The molecule has 0 atom stereocenters. The van der Waals surface area contributed by atoms with Crippen LogP contribution in [-0.4, -0.2) is 15.6 Å². The molecule has 0 unspecified atom stereocenters. The van der Waals surface area contributed by atoms with E-state index in [0.29, 0.717) is 0 Å². The topological polar surface area (TPSA) is 42.2 Å². The van der Waals surface area contributed by atoms with Gasteiger partial charge in [-0.25, -0.2) is 0 Å². The first-order valence-corrected chi connectivity index (χ1v) is 8.42. The third-order valence-electron chi connectivity index (χ3n) is 4.45. The van der Waals surface area contributed by atoms with Gasteiger partial charge in [-0.2, -0.15) is 0 Å². The van der Waals surface area contributed by atoms with Gasteiger partial charge in [-0.1, -0.05) is 35.2 Å². The van der Waals surface area contributed by atoms with Gasteiger partial charge in [0, 0.05) is 28.1 Å². The molecule has 21 heavy (non-hydrogen) atoms. The van der Waals surface area contributed by atoms with Gasteiger partial charge in [0.25, 0.3) is 0 Å². The minimum absolute atomic E-state index is 0.0879. The van der Waals surface area contributed by atoms with E-state index in [1.807, 2.05) is 18.3 Å². The number of carbonyl (C=O) groups is 1. The summed E-state index contributed by atoms with van der Waals surface area (Å²) >= 11 is 3.48. The van der Waals surface area contributed by atoms with Gasteiger partial charge in [0.1, 0.15) is 0 Å². The van der Waals surface area contributed by atoms with Crippen molar-refractivity contribution in [2.24, 2.45) is 5.92 Å². The maximum Gasteiger partial charge on any atom is 0.307 e. The number of hydrogen-bond acceptors (Lipinski definition) is 1. The Balaban J connectivity index is 1.95. The molecule has 1 heterocycles. The Labute approximate surface area is 133 Å². The Bertz CT molecular complexity index is 656. The van der Waals surface area contributed by atoms with E-state index in [1.165, 1.54) is 32.1 Å². The highest BCUT2D eigenvalue weighted by Gasteiger charge is 2.17. The molecule has 0 radical (unpaired) electrons. The molecule has 1 saturated carbocycles. The maximum atomic E-state index is 11.1. The molecule has 1 aromatic heterocycles. The van der Waals surface area contributed by atoms with E-state index in [-0.39, 0.29) is 6.42 Å². The summed E-state index contributed by atoms with van der Waals surface area (Å²) in [6.45, 7) is 1.01. The second-order valence-corrected chi connectivity index (χ2v) is 6.96. The predicted molar refractivity (Wildman–Crippen MR) is 87.6 cm³/mol. The number of hydrogen-bond donors (Lipinski definition) is 1. The molecule has 3 rings (SSSR count). The van der Waals surface area contributed by atoms with Crippen LogP contribution in [0.25, 0.3) is 10.9 Å². The first-order chi connectivity index (χ1) is 10.1. The van der Waals surface area contributed by atoms with Crippen molar-refractivity contribution in [2.45, 2.75) is 45.1 Å². The van der Waals surface area contributed by atoms with Gasteiger partial charge in [0.05, 0.1) is 6.42 Å². The normalized spacial score (nSPS) is 16.4. The minimum Gasteiger partial charge on any atom is -0.481 e. The second kappa shape index (κ2) is 6.22. The first-order valence-electron chi connectivity index (χ1n) is 7.62. The molecule has 112 valence electrons. The molecule has 3 nitrogen and oxygen atoms in total. The van der Waals surface area contributed by atoms with Crippen molar-refractivity contribution < 1.29 is 9.90 Å². The minimum atomic E-state index is -0.772. The molecule has 1 fully saturated rings. The summed E-state index contributed by atoms with van der Waals surface area (Å²) in [5.41, 5.74) is 2.06. The van der Waals surface area contributed by atoms with Crippen LogP contribution in [0.3, 0.4) is 0 Å². The highest BCUT2D eigenvalue weighted by molar-refractivity contribution is 9.10. The lowest BCUT2D eigenvalue weighted by Gasteiger charge is -2.22. The largest absolute Gasteiger partial charge is 0.481 e. The molecule has 1 aliphatic rings. The molecule has 0 spiro atoms. The van der Waals surface area contributed by atoms with Gasteiger partial charge in [-0.15, -0.1) is 0 Å². The fraction of sp³-hybridized carbons (Fsp3) is 0.471. The first kappa shape index (κ1) is 14.6. The van der Waals surface area contributed by atoms with Crippen LogP contribution in [0, 0.1) is 5.92 Å². The maximum absolute atomic E-state index is 11.1. The van der Waals surface area contributed by atoms with Gasteiger partial charge >= 0.3 is 5.97 Å². The van der Waals surface area contributed by atoms with Crippen LogP contribution in [0.5, 0.6) is 0 Å². The van der Waals surface area contributed by atoms with Crippen LogP contribution in [-0.2, 0) is 17.8 Å². The number of fused-ring (bicyclic) bond motifs is 1. The molecule has 1 N–H and O–H groups in total. The lowest BCUT2D eigenvalue weighted by Crippen LogP contribution is -2.13. The summed E-state index contributed by atoms with van der Waals surface area (Å²) in [7, 11) is 0. The zero-order chi connectivity index (χ0) is 14.8. The molecule has 4 heteroatoms. The predicted octanol–water partition coefficient (Wildman–Crippen LogP) is 4.61. The number of benzene rings is 1. The van der Waals surface area contributed by atoms with E-state index in [9.17, 15) is 4.79 Å². The quantitative estimate of drug-likeness (QED) is 0.875. The average molecular weight is 350 g/mol. The van der Waals surface area contributed by atoms with Crippen LogP contribution < -0.4 is 0 Å². The Morgan fingerprint density at radius 1 is 1.29 bits per heavy atom. The highest BCUT2D eigenvalue weighted by atomic mass is 79.9. The number of aliphatic carboxylic acids is 1. The molecule has 0 amide bonds. The molecular formula is C17H20BrNO2. The lowest BCUT2D eigenvalue weighted by molar-refractivity contribution is -0.136. The van der Waals surface area contributed by atoms with E-state index in [4.69, 9.17) is 5.11 Å². The van der Waals surface area contributed by atoms with Crippen molar-refractivity contribution in [1.82, 2.24) is 4.57 Å². The van der Waals surface area contributed by atoms with E-state index in [0.717, 1.165) is 33.4 Å². The highest BCUT2D eigenvalue weighted by Crippen LogP contribution is 2.30. The zero-order valence-corrected chi connectivity index (χ0v) is 13.6. The summed E-state index contributed by atoms with van der Waals surface area (Å²) in [5.74, 6) is -0.0395. The number of carboxylic acid groups (broad SMARTS) is 1. The number of aromatic nitrogens is 1. The molecule has 2 aromatic rings. The molecule has 1 aliphatic carbocycles. The van der Waals surface area contributed by atoms with Gasteiger partial charge < -0.3 is 9.67 Å². The Kier molecular flexibility index (Phi) is 4.34. The summed E-state index contributed by atoms with van der Waals surface area (Å²) in [5, 5.41) is 10.2. The lowest BCUT2D eigenvalue weighted by atomic mass is 9.89. The van der Waals surface area contributed by atoms with Crippen LogP contribution in [0.1, 0.15) is 37.7 Å². The van der Waals surface area contributed by atoms with E-state index in [2.05, 4.69) is 26.6 Å². The third-order valence-corrected chi connectivity index (χ3v) is 4.94. The SMILES string of the molecule is O=C(O)Cc1cn(CC2CCCCC2)c2ccc(Br)cc12. The summed E-state index contributed by atoms with van der Waals surface area (Å²) < 4.78 is 3.26. The second-order valence-electron chi connectivity index (χ2n) is 6.04. The molecular weight excluding hydrogens is 330 g/mol. The van der Waals surface area contributed by atoms with E-state index < -0.39 is 5.97 Å². The Hall–Kier alpha value is -1.29. The molecule has 0 aliphatic heterocycles. The monoisotopic (exact) mass is 349 g/mol. The van der Waals surface area contributed by atoms with Gasteiger partial charge in [0.15, 0.2) is 0 Å². The summed E-state index contributed by atoms with van der Waals surface area (Å²) in [6.07, 6.45) is 8.74. The zero-order valence-electron chi connectivity index (χ0n) is 12.0. The Morgan fingerprint density at radius 3 is 2.76 bits per heavy atom. The van der Waals surface area contributed by atoms with Crippen LogP contribution in [0.4, 0.5) is 0 Å². The van der Waals surface area contributed by atoms with Crippen molar-refractivity contribution >= 4 is 32.8 Å². The molecule has 0 bridgehead atoms. The fourth-order valence-electron chi connectivity index (χ4n) is 3.45. The summed E-state index contributed by atoms with van der Waals surface area (Å²) in [6, 6.07) is 6.16. The van der Waals surface area contributed by atoms with Gasteiger partial charge in [-0.05, 0) is 42.5 Å². The third kappa shape index (κ3) is 3.31. The van der Waals surface area contributed by atoms with Crippen molar-refractivity contribution in [1.29, 1.82) is 0 Å². The number of carboxylic acids is 1. The Morgan fingerprint density at radius 2 is 2.05 bits per heavy atom. The van der Waals surface area contributed by atoms with E-state index >= 15 is 0 Å². The molecule has 1 aromatic carbocycles. The smallest absolute Gasteiger partial charge is 0.307 e. The molecule has 0 saturated heterocycles. The van der Waals surface area contributed by atoms with Crippen molar-refractivity contribution in [2.75, 3.05) is 0 Å². The number of halogens is 1. The van der Waals surface area contributed by atoms with E-state index in [1.54, 1.807) is 0 Å². The van der Waals surface area contributed by atoms with Crippen molar-refractivity contribution in [3.8, 4) is 0 Å². The number of rotatable bonds is 4. The van der Waals surface area contributed by atoms with Gasteiger partial charge in [0.2, 0.25) is 0 Å². The summed E-state index contributed by atoms with van der Waals surface area (Å²) in [4.78, 5) is 11.1. The average Bonchev–Trinajstić information content (AvgIpc) is 2.77. The van der Waals surface area contributed by atoms with Crippen LogP contribution in [0.2, 0.25) is 0 Å². The number of nitrogens with zero attached hydrogens (tertiary/aromatic N) is 1. The van der Waals surface area contributed by atoms with Crippen molar-refractivity contribution in [3.63, 3.8) is 0 Å². The van der Waals surface area contributed by atoms with Gasteiger partial charge in [-0.3, -0.25) is 4.79 Å². The van der Waals surface area contributed by atoms with Crippen LogP contribution >= 0.6 is 15.9 Å². The van der Waals surface area contributed by atoms with Crippen molar-refractivity contribution in [3.05, 3.63) is 34.4 Å².